The van der Waals surface area contributed by atoms with Gasteiger partial charge in [-0.15, -0.1) is 0 Å². The van der Waals surface area contributed by atoms with Crippen LogP contribution in [0.3, 0.4) is 0 Å². The molecule has 3 aromatic rings. The minimum absolute atomic E-state index is 0.168. The van der Waals surface area contributed by atoms with E-state index in [0.717, 1.165) is 10.8 Å². The van der Waals surface area contributed by atoms with Crippen LogP contribution in [-0.2, 0) is 0 Å². The number of fused-ring (bicyclic) bond motifs is 1. The number of aromatic nitrogens is 1. The van der Waals surface area contributed by atoms with Gasteiger partial charge >= 0.3 is 0 Å². The Morgan fingerprint density at radius 2 is 1.59 bits per heavy atom. The van der Waals surface area contributed by atoms with Crippen molar-refractivity contribution in [2.24, 2.45) is 0 Å². The average Bonchev–Trinajstić information content (AvgIpc) is 2.59. The molecule has 4 heteroatoms. The largest absolute Gasteiger partial charge is 0.496 e. The van der Waals surface area contributed by atoms with Gasteiger partial charge in [0.15, 0.2) is 0 Å². The third kappa shape index (κ3) is 2.29. The highest BCUT2D eigenvalue weighted by Gasteiger charge is 2.21. The number of rotatable bonds is 4. The summed E-state index contributed by atoms with van der Waals surface area (Å²) in [5, 5.41) is 1.78. The lowest BCUT2D eigenvalue weighted by Gasteiger charge is -2.13. The molecule has 0 saturated heterocycles. The molecule has 110 valence electrons. The molecule has 2 aromatic carbocycles. The Balaban J connectivity index is 2.23. The third-order valence-electron chi connectivity index (χ3n) is 3.57. The van der Waals surface area contributed by atoms with Crippen LogP contribution in [0.25, 0.3) is 10.8 Å². The number of carbonyl (C=O) groups excluding carboxylic acids is 1. The zero-order valence-corrected chi connectivity index (χ0v) is 12.4. The molecule has 0 saturated carbocycles. The average molecular weight is 293 g/mol. The minimum Gasteiger partial charge on any atom is -0.496 e. The van der Waals surface area contributed by atoms with Crippen molar-refractivity contribution in [1.82, 2.24) is 4.98 Å². The molecule has 3 rings (SSSR count). The number of benzene rings is 2. The summed E-state index contributed by atoms with van der Waals surface area (Å²) in [5.41, 5.74) is 0.937. The molecule has 0 aliphatic rings. The Labute approximate surface area is 128 Å². The van der Waals surface area contributed by atoms with Crippen LogP contribution >= 0.6 is 0 Å². The van der Waals surface area contributed by atoms with Crippen molar-refractivity contribution in [1.29, 1.82) is 0 Å². The van der Waals surface area contributed by atoms with E-state index in [1.165, 1.54) is 14.2 Å². The van der Waals surface area contributed by atoms with E-state index in [4.69, 9.17) is 9.47 Å². The second kappa shape index (κ2) is 5.85. The van der Waals surface area contributed by atoms with Crippen LogP contribution in [0.5, 0.6) is 11.5 Å². The molecule has 0 aliphatic carbocycles. The molecule has 0 fully saturated rings. The predicted octanol–water partition coefficient (Wildman–Crippen LogP) is 3.48. The number of ketones is 1. The lowest BCUT2D eigenvalue weighted by atomic mass is 9.98. The van der Waals surface area contributed by atoms with Crippen molar-refractivity contribution in [3.63, 3.8) is 0 Å². The van der Waals surface area contributed by atoms with Crippen LogP contribution in [0.15, 0.2) is 54.9 Å². The molecule has 0 unspecified atom stereocenters. The topological polar surface area (TPSA) is 48.4 Å². The number of pyridine rings is 1. The lowest BCUT2D eigenvalue weighted by molar-refractivity contribution is 0.103. The number of hydrogen-bond donors (Lipinski definition) is 0. The van der Waals surface area contributed by atoms with Crippen molar-refractivity contribution in [2.75, 3.05) is 14.2 Å². The van der Waals surface area contributed by atoms with Crippen molar-refractivity contribution < 1.29 is 14.3 Å². The number of carbonyl (C=O) groups is 1. The molecule has 0 aliphatic heterocycles. The van der Waals surface area contributed by atoms with Gasteiger partial charge in [0.05, 0.1) is 14.2 Å². The molecule has 0 N–H and O–H groups in total. The first-order valence-corrected chi connectivity index (χ1v) is 6.84. The number of nitrogens with zero attached hydrogens (tertiary/aromatic N) is 1. The molecule has 0 atom stereocenters. The van der Waals surface area contributed by atoms with E-state index < -0.39 is 0 Å². The summed E-state index contributed by atoms with van der Waals surface area (Å²) < 4.78 is 10.6. The standard InChI is InChI=1S/C18H15NO3/c1-21-15-8-5-9-16(22-2)17(15)18(20)14-11-19-10-12-6-3-4-7-13(12)14/h3-11H,1-2H3. The molecule has 1 heterocycles. The van der Waals surface area contributed by atoms with E-state index in [9.17, 15) is 4.79 Å². The van der Waals surface area contributed by atoms with Crippen molar-refractivity contribution in [3.8, 4) is 11.5 Å². The van der Waals surface area contributed by atoms with Crippen LogP contribution in [0.4, 0.5) is 0 Å². The van der Waals surface area contributed by atoms with E-state index in [1.807, 2.05) is 24.3 Å². The highest BCUT2D eigenvalue weighted by molar-refractivity contribution is 6.18. The Bertz CT molecular complexity index is 815. The van der Waals surface area contributed by atoms with E-state index in [0.29, 0.717) is 22.6 Å². The quantitative estimate of drug-likeness (QED) is 0.691. The summed E-state index contributed by atoms with van der Waals surface area (Å²) >= 11 is 0. The minimum atomic E-state index is -0.168. The van der Waals surface area contributed by atoms with Crippen LogP contribution < -0.4 is 9.47 Å². The first-order chi connectivity index (χ1) is 10.8. The van der Waals surface area contributed by atoms with Crippen molar-refractivity contribution in [2.45, 2.75) is 0 Å². The van der Waals surface area contributed by atoms with Crippen molar-refractivity contribution in [3.05, 3.63) is 66.0 Å². The van der Waals surface area contributed by atoms with E-state index in [-0.39, 0.29) is 5.78 Å². The lowest BCUT2D eigenvalue weighted by Crippen LogP contribution is -2.07. The molecule has 1 aromatic heterocycles. The van der Waals surface area contributed by atoms with Gasteiger partial charge in [-0.25, -0.2) is 0 Å². The highest BCUT2D eigenvalue weighted by Crippen LogP contribution is 2.32. The summed E-state index contributed by atoms with van der Waals surface area (Å²) in [4.78, 5) is 17.2. The van der Waals surface area contributed by atoms with Gasteiger partial charge < -0.3 is 9.47 Å². The van der Waals surface area contributed by atoms with Gasteiger partial charge in [-0.1, -0.05) is 30.3 Å². The summed E-state index contributed by atoms with van der Waals surface area (Å²) in [6.07, 6.45) is 3.32. The zero-order valence-electron chi connectivity index (χ0n) is 12.4. The SMILES string of the molecule is COc1cccc(OC)c1C(=O)c1cncc2ccccc12. The Morgan fingerprint density at radius 3 is 2.27 bits per heavy atom. The van der Waals surface area contributed by atoms with E-state index >= 15 is 0 Å². The fourth-order valence-corrected chi connectivity index (χ4v) is 2.51. The number of methoxy groups -OCH3 is 2. The van der Waals surface area contributed by atoms with Crippen molar-refractivity contribution >= 4 is 16.6 Å². The maximum Gasteiger partial charge on any atom is 0.202 e. The fourth-order valence-electron chi connectivity index (χ4n) is 2.51. The number of hydrogen-bond acceptors (Lipinski definition) is 4. The molecule has 22 heavy (non-hydrogen) atoms. The van der Waals surface area contributed by atoms with Gasteiger partial charge in [0, 0.05) is 23.3 Å². The Hall–Kier alpha value is -2.88. The molecule has 0 spiro atoms. The molecular formula is C18H15NO3. The smallest absolute Gasteiger partial charge is 0.202 e. The molecule has 0 amide bonds. The molecule has 0 radical (unpaired) electrons. The second-order valence-corrected chi connectivity index (χ2v) is 4.77. The summed E-state index contributed by atoms with van der Waals surface area (Å²) in [6.45, 7) is 0. The van der Waals surface area contributed by atoms with E-state index in [2.05, 4.69) is 4.98 Å². The predicted molar refractivity (Wildman–Crippen MR) is 84.7 cm³/mol. The normalized spacial score (nSPS) is 10.5. The van der Waals surface area contributed by atoms with E-state index in [1.54, 1.807) is 30.6 Å². The Kier molecular flexibility index (Phi) is 3.74. The summed E-state index contributed by atoms with van der Waals surface area (Å²) in [5.74, 6) is 0.799. The van der Waals surface area contributed by atoms with Gasteiger partial charge in [-0.2, -0.15) is 0 Å². The first-order valence-electron chi connectivity index (χ1n) is 6.84. The second-order valence-electron chi connectivity index (χ2n) is 4.77. The highest BCUT2D eigenvalue weighted by atomic mass is 16.5. The van der Waals surface area contributed by atoms with Crippen LogP contribution in [0.2, 0.25) is 0 Å². The molecular weight excluding hydrogens is 278 g/mol. The maximum atomic E-state index is 13.0. The van der Waals surface area contributed by atoms with Gasteiger partial charge in [-0.05, 0) is 17.5 Å². The van der Waals surface area contributed by atoms with Crippen LogP contribution in [0.1, 0.15) is 15.9 Å². The van der Waals surface area contributed by atoms with Crippen LogP contribution in [0, 0.1) is 0 Å². The summed E-state index contributed by atoms with van der Waals surface area (Å²) in [7, 11) is 3.07. The first kappa shape index (κ1) is 14.1. The molecule has 0 bridgehead atoms. The zero-order chi connectivity index (χ0) is 15.5. The third-order valence-corrected chi connectivity index (χ3v) is 3.57. The fraction of sp³-hybridized carbons (Fsp3) is 0.111. The maximum absolute atomic E-state index is 13.0. The monoisotopic (exact) mass is 293 g/mol. The van der Waals surface area contributed by atoms with Gasteiger partial charge in [-0.3, -0.25) is 9.78 Å². The molecule has 4 nitrogen and oxygen atoms in total. The number of ether oxygens (including phenoxy) is 2. The van der Waals surface area contributed by atoms with Gasteiger partial charge in [0.1, 0.15) is 17.1 Å². The summed E-state index contributed by atoms with van der Waals surface area (Å²) in [6, 6.07) is 12.9. The van der Waals surface area contributed by atoms with Gasteiger partial charge in [0.25, 0.3) is 0 Å². The van der Waals surface area contributed by atoms with Crippen LogP contribution in [-0.4, -0.2) is 25.0 Å². The Morgan fingerprint density at radius 1 is 0.909 bits per heavy atom. The van der Waals surface area contributed by atoms with Gasteiger partial charge in [0.2, 0.25) is 5.78 Å².